The number of para-hydroxylation sites is 1. The molecule has 2 aromatic carbocycles. The number of methoxy groups -OCH3 is 1. The number of rotatable bonds is 8. The highest BCUT2D eigenvalue weighted by molar-refractivity contribution is 7.13. The maximum Gasteiger partial charge on any atom is 0.262 e. The molecular formula is C22H19N3O4S. The molecule has 1 N–H and O–H groups in total. The summed E-state index contributed by atoms with van der Waals surface area (Å²) in [5, 5.41) is 8.87. The molecule has 0 unspecified atom stereocenters. The number of thiophene rings is 1. The van der Waals surface area contributed by atoms with Crippen molar-refractivity contribution in [3.8, 4) is 22.2 Å². The SMILES string of the molecule is COc1cccc(OCC(=O)Nc2ccccc2Cc2nc(-c3cccs3)no2)c1. The van der Waals surface area contributed by atoms with Gasteiger partial charge in [-0.1, -0.05) is 35.5 Å². The van der Waals surface area contributed by atoms with Gasteiger partial charge in [-0.25, -0.2) is 0 Å². The molecule has 8 heteroatoms. The molecule has 0 fully saturated rings. The van der Waals surface area contributed by atoms with E-state index in [4.69, 9.17) is 14.0 Å². The number of nitrogens with one attached hydrogen (secondary N) is 1. The van der Waals surface area contributed by atoms with E-state index in [1.54, 1.807) is 36.6 Å². The van der Waals surface area contributed by atoms with Crippen LogP contribution in [0.15, 0.2) is 70.6 Å². The third-order valence-corrected chi connectivity index (χ3v) is 5.12. The van der Waals surface area contributed by atoms with Crippen molar-refractivity contribution in [2.24, 2.45) is 0 Å². The van der Waals surface area contributed by atoms with E-state index in [2.05, 4.69) is 15.5 Å². The van der Waals surface area contributed by atoms with Gasteiger partial charge in [-0.2, -0.15) is 4.98 Å². The van der Waals surface area contributed by atoms with Crippen molar-refractivity contribution in [2.75, 3.05) is 19.0 Å². The maximum atomic E-state index is 12.4. The van der Waals surface area contributed by atoms with Gasteiger partial charge < -0.3 is 19.3 Å². The Labute approximate surface area is 177 Å². The monoisotopic (exact) mass is 421 g/mol. The van der Waals surface area contributed by atoms with Crippen LogP contribution in [-0.2, 0) is 11.2 Å². The summed E-state index contributed by atoms with van der Waals surface area (Å²) in [5.74, 6) is 2.00. The summed E-state index contributed by atoms with van der Waals surface area (Å²) in [7, 11) is 1.58. The number of carbonyl (C=O) groups is 1. The Kier molecular flexibility index (Phi) is 6.05. The second kappa shape index (κ2) is 9.23. The number of amides is 1. The Morgan fingerprint density at radius 2 is 1.97 bits per heavy atom. The first-order valence-corrected chi connectivity index (χ1v) is 10.1. The van der Waals surface area contributed by atoms with Gasteiger partial charge in [0.1, 0.15) is 11.5 Å². The van der Waals surface area contributed by atoms with E-state index in [0.29, 0.717) is 35.3 Å². The van der Waals surface area contributed by atoms with Crippen LogP contribution in [0.2, 0.25) is 0 Å². The molecule has 4 rings (SSSR count). The Balaban J connectivity index is 1.40. The van der Waals surface area contributed by atoms with Crippen LogP contribution >= 0.6 is 11.3 Å². The number of aromatic nitrogens is 2. The van der Waals surface area contributed by atoms with E-state index < -0.39 is 0 Å². The number of benzene rings is 2. The van der Waals surface area contributed by atoms with Gasteiger partial charge in [0, 0.05) is 11.8 Å². The quantitative estimate of drug-likeness (QED) is 0.453. The lowest BCUT2D eigenvalue weighted by Gasteiger charge is -2.11. The normalized spacial score (nSPS) is 10.6. The second-order valence-corrected chi connectivity index (χ2v) is 7.29. The number of carbonyl (C=O) groups excluding carboxylic acids is 1. The number of hydrogen-bond acceptors (Lipinski definition) is 7. The predicted molar refractivity (Wildman–Crippen MR) is 114 cm³/mol. The van der Waals surface area contributed by atoms with Crippen LogP contribution in [0.25, 0.3) is 10.7 Å². The van der Waals surface area contributed by atoms with E-state index >= 15 is 0 Å². The van der Waals surface area contributed by atoms with E-state index in [-0.39, 0.29) is 12.5 Å². The summed E-state index contributed by atoms with van der Waals surface area (Å²) in [5.41, 5.74) is 1.54. The van der Waals surface area contributed by atoms with Gasteiger partial charge in [-0.05, 0) is 35.2 Å². The number of ether oxygens (including phenoxy) is 2. The van der Waals surface area contributed by atoms with Gasteiger partial charge in [0.05, 0.1) is 18.4 Å². The minimum absolute atomic E-state index is 0.120. The molecule has 4 aromatic rings. The van der Waals surface area contributed by atoms with E-state index in [0.717, 1.165) is 10.4 Å². The first kappa shape index (κ1) is 19.7. The Bertz CT molecular complexity index is 1120. The van der Waals surface area contributed by atoms with Gasteiger partial charge >= 0.3 is 0 Å². The number of anilines is 1. The van der Waals surface area contributed by atoms with Crippen molar-refractivity contribution in [2.45, 2.75) is 6.42 Å². The first-order valence-electron chi connectivity index (χ1n) is 9.22. The zero-order chi connectivity index (χ0) is 20.8. The maximum absolute atomic E-state index is 12.4. The van der Waals surface area contributed by atoms with E-state index in [9.17, 15) is 4.79 Å². The van der Waals surface area contributed by atoms with Crippen molar-refractivity contribution in [1.29, 1.82) is 0 Å². The Morgan fingerprint density at radius 1 is 1.10 bits per heavy atom. The highest BCUT2D eigenvalue weighted by Crippen LogP contribution is 2.24. The Morgan fingerprint density at radius 3 is 2.80 bits per heavy atom. The minimum atomic E-state index is -0.268. The molecule has 0 saturated heterocycles. The fourth-order valence-corrected chi connectivity index (χ4v) is 3.47. The largest absolute Gasteiger partial charge is 0.497 e. The molecule has 0 spiro atoms. The fourth-order valence-electron chi connectivity index (χ4n) is 2.82. The van der Waals surface area contributed by atoms with Gasteiger partial charge in [0.2, 0.25) is 11.7 Å². The molecule has 1 amide bonds. The van der Waals surface area contributed by atoms with E-state index in [1.807, 2.05) is 47.8 Å². The van der Waals surface area contributed by atoms with Crippen LogP contribution < -0.4 is 14.8 Å². The van der Waals surface area contributed by atoms with Crippen molar-refractivity contribution >= 4 is 22.9 Å². The lowest BCUT2D eigenvalue weighted by Crippen LogP contribution is -2.21. The highest BCUT2D eigenvalue weighted by atomic mass is 32.1. The molecular weight excluding hydrogens is 402 g/mol. The topological polar surface area (TPSA) is 86.5 Å². The molecule has 2 aromatic heterocycles. The van der Waals surface area contributed by atoms with Crippen LogP contribution in [0.4, 0.5) is 5.69 Å². The van der Waals surface area contributed by atoms with Crippen LogP contribution in [0.5, 0.6) is 11.5 Å². The molecule has 152 valence electrons. The van der Waals surface area contributed by atoms with Gasteiger partial charge in [0.15, 0.2) is 6.61 Å². The lowest BCUT2D eigenvalue weighted by atomic mass is 10.1. The number of hydrogen-bond donors (Lipinski definition) is 1. The zero-order valence-corrected chi connectivity index (χ0v) is 17.0. The van der Waals surface area contributed by atoms with Crippen molar-refractivity contribution in [3.63, 3.8) is 0 Å². The lowest BCUT2D eigenvalue weighted by molar-refractivity contribution is -0.118. The third kappa shape index (κ3) is 4.84. The third-order valence-electron chi connectivity index (χ3n) is 4.25. The molecule has 0 radical (unpaired) electrons. The highest BCUT2D eigenvalue weighted by Gasteiger charge is 2.13. The molecule has 0 saturated carbocycles. The summed E-state index contributed by atoms with van der Waals surface area (Å²) in [6, 6.07) is 18.5. The van der Waals surface area contributed by atoms with E-state index in [1.165, 1.54) is 0 Å². The molecule has 0 aliphatic carbocycles. The molecule has 0 aliphatic heterocycles. The molecule has 2 heterocycles. The van der Waals surface area contributed by atoms with Crippen molar-refractivity contribution in [1.82, 2.24) is 10.1 Å². The summed E-state index contributed by atoms with van der Waals surface area (Å²) >= 11 is 1.55. The second-order valence-electron chi connectivity index (χ2n) is 6.34. The molecule has 30 heavy (non-hydrogen) atoms. The summed E-state index contributed by atoms with van der Waals surface area (Å²) in [6.07, 6.45) is 0.408. The summed E-state index contributed by atoms with van der Waals surface area (Å²) in [4.78, 5) is 17.8. The fraction of sp³-hybridized carbons (Fsp3) is 0.136. The minimum Gasteiger partial charge on any atom is -0.497 e. The smallest absolute Gasteiger partial charge is 0.262 e. The van der Waals surface area contributed by atoms with Crippen LogP contribution in [0, 0.1) is 0 Å². The zero-order valence-electron chi connectivity index (χ0n) is 16.2. The predicted octanol–water partition coefficient (Wildman–Crippen LogP) is 4.42. The Hall–Kier alpha value is -3.65. The van der Waals surface area contributed by atoms with Gasteiger partial charge in [-0.15, -0.1) is 11.3 Å². The number of nitrogens with zero attached hydrogens (tertiary/aromatic N) is 2. The summed E-state index contributed by atoms with van der Waals surface area (Å²) < 4.78 is 16.1. The standard InChI is InChI=1S/C22H19N3O4S/c1-27-16-7-4-8-17(13-16)28-14-20(26)23-18-9-3-2-6-15(18)12-21-24-22(25-29-21)19-10-5-11-30-19/h2-11,13H,12,14H2,1H3,(H,23,26). The van der Waals surface area contributed by atoms with Crippen LogP contribution in [-0.4, -0.2) is 29.8 Å². The molecule has 0 bridgehead atoms. The van der Waals surface area contributed by atoms with Crippen molar-refractivity contribution in [3.05, 3.63) is 77.5 Å². The molecule has 0 aliphatic rings. The summed E-state index contributed by atoms with van der Waals surface area (Å²) in [6.45, 7) is -0.120. The molecule has 7 nitrogen and oxygen atoms in total. The average Bonchev–Trinajstić information content (AvgIpc) is 3.46. The first-order chi connectivity index (χ1) is 14.7. The van der Waals surface area contributed by atoms with Crippen LogP contribution in [0.3, 0.4) is 0 Å². The molecule has 0 atom stereocenters. The van der Waals surface area contributed by atoms with Crippen LogP contribution in [0.1, 0.15) is 11.5 Å². The van der Waals surface area contributed by atoms with Gasteiger partial charge in [-0.3, -0.25) is 4.79 Å². The average molecular weight is 421 g/mol. The van der Waals surface area contributed by atoms with Crippen molar-refractivity contribution < 1.29 is 18.8 Å². The van der Waals surface area contributed by atoms with Gasteiger partial charge in [0.25, 0.3) is 5.91 Å².